The molecule has 1 aliphatic heterocycles. The Morgan fingerprint density at radius 2 is 1.69 bits per heavy atom. The molecule has 1 aromatic heterocycles. The minimum Gasteiger partial charge on any atom is -0.487 e. The average molecular weight is 908 g/mol. The number of ether oxygens (including phenoxy) is 2. The summed E-state index contributed by atoms with van der Waals surface area (Å²) in [5.41, 5.74) is 9.40. The number of aromatic nitrogens is 1. The second-order valence-corrected chi connectivity index (χ2v) is 20.1. The van der Waals surface area contributed by atoms with Gasteiger partial charge in [-0.05, 0) is 111 Å². The Kier molecular flexibility index (Phi) is 13.4. The minimum absolute atomic E-state index is 0.0294. The Balaban J connectivity index is 1.07. The molecule has 7 rings (SSSR count). The van der Waals surface area contributed by atoms with E-state index < -0.39 is 37.0 Å². The Hall–Kier alpha value is -4.93. The summed E-state index contributed by atoms with van der Waals surface area (Å²) >= 11 is 12.5. The summed E-state index contributed by atoms with van der Waals surface area (Å²) in [6.07, 6.45) is 7.03. The molecule has 2 aliphatic carbocycles. The van der Waals surface area contributed by atoms with Gasteiger partial charge in [-0.15, -0.1) is 0 Å². The number of carbonyl (C=O) groups is 1. The Morgan fingerprint density at radius 1 is 0.984 bits per heavy atom. The third-order valence-electron chi connectivity index (χ3n) is 12.1. The lowest BCUT2D eigenvalue weighted by atomic mass is 9.72. The van der Waals surface area contributed by atoms with E-state index in [0.29, 0.717) is 43.8 Å². The number of hydrogen-bond acceptors (Lipinski definition) is 12. The van der Waals surface area contributed by atoms with Crippen LogP contribution in [0.2, 0.25) is 10.0 Å². The molecule has 62 heavy (non-hydrogen) atoms. The summed E-state index contributed by atoms with van der Waals surface area (Å²) in [4.78, 5) is 33.4. The lowest BCUT2D eigenvalue weighted by molar-refractivity contribution is -0.386. The highest BCUT2D eigenvalue weighted by atomic mass is 35.5. The van der Waals surface area contributed by atoms with Gasteiger partial charge in [0.15, 0.2) is 5.75 Å². The van der Waals surface area contributed by atoms with Crippen LogP contribution in [0.3, 0.4) is 0 Å². The number of anilines is 2. The number of amides is 1. The van der Waals surface area contributed by atoms with E-state index in [1.54, 1.807) is 19.1 Å². The number of nitrogens with zero attached hydrogens (tertiary/aromatic N) is 4. The van der Waals surface area contributed by atoms with Crippen LogP contribution in [-0.2, 0) is 10.0 Å². The fourth-order valence-corrected chi connectivity index (χ4v) is 9.60. The highest BCUT2D eigenvalue weighted by Crippen LogP contribution is 2.44. The number of rotatable bonds is 13. The van der Waals surface area contributed by atoms with Gasteiger partial charge in [0, 0.05) is 61.6 Å². The van der Waals surface area contributed by atoms with Crippen LogP contribution in [0.25, 0.3) is 5.57 Å². The monoisotopic (exact) mass is 906 g/mol. The van der Waals surface area contributed by atoms with E-state index in [1.807, 2.05) is 12.1 Å². The van der Waals surface area contributed by atoms with Gasteiger partial charge in [0.1, 0.15) is 17.3 Å². The maximum atomic E-state index is 13.8. The molecule has 1 saturated heterocycles. The maximum absolute atomic E-state index is 13.8. The van der Waals surface area contributed by atoms with Gasteiger partial charge in [0.2, 0.25) is 0 Å². The molecule has 2 heterocycles. The number of nitro groups is 1. The number of carbonyl (C=O) groups excluding carboxylic acids is 1. The molecule has 1 saturated carbocycles. The first-order chi connectivity index (χ1) is 29.3. The number of pyridine rings is 1. The first-order valence-corrected chi connectivity index (χ1v) is 23.0. The van der Waals surface area contributed by atoms with Gasteiger partial charge in [0.05, 0.1) is 38.8 Å². The fraction of sp³-hybridized carbons (Fsp3) is 0.422. The summed E-state index contributed by atoms with van der Waals surface area (Å²) in [5, 5.41) is 23.2. The number of nitrogens with one attached hydrogen (secondary N) is 1. The molecule has 14 nitrogen and oxygen atoms in total. The van der Waals surface area contributed by atoms with Crippen LogP contribution in [0.15, 0.2) is 83.4 Å². The quantitative estimate of drug-likeness (QED) is 0.0855. The smallest absolute Gasteiger partial charge is 0.312 e. The van der Waals surface area contributed by atoms with Crippen molar-refractivity contribution in [2.75, 3.05) is 50.0 Å². The summed E-state index contributed by atoms with van der Waals surface area (Å²) in [7, 11) is -4.63. The zero-order valence-corrected chi connectivity index (χ0v) is 37.4. The number of piperazine rings is 1. The summed E-state index contributed by atoms with van der Waals surface area (Å²) < 4.78 is 41.2. The number of sulfonamides is 1. The molecule has 4 aromatic rings. The molecule has 0 bridgehead atoms. The second-order valence-electron chi connectivity index (χ2n) is 17.6. The maximum Gasteiger partial charge on any atom is 0.312 e. The van der Waals surface area contributed by atoms with Crippen molar-refractivity contribution in [1.29, 1.82) is 0 Å². The molecule has 0 unspecified atom stereocenters. The lowest BCUT2D eigenvalue weighted by Gasteiger charge is -2.39. The fourth-order valence-electron chi connectivity index (χ4n) is 8.33. The third-order valence-corrected chi connectivity index (χ3v) is 14.0. The lowest BCUT2D eigenvalue weighted by Crippen LogP contribution is -2.47. The van der Waals surface area contributed by atoms with Gasteiger partial charge in [-0.1, -0.05) is 54.8 Å². The standard InChI is InChI=1S/C45H52Cl2N6O8S/c1-44(2)15-14-31(37(25-44)30-4-6-32(46)7-5-30)27-51-18-20-52(21-19-51)33-8-10-36(41(22-33)61-34-23-38(47)42(48)49-26-34)43(54)50-62(58,59)35-9-11-40(39(24-35)53(56)57)60-28-29-12-16-45(3,55)17-13-29/h4-11,22-24,26,29,55H,12-21,25,27-28H2,1-3H3,(H2,48,49)(H,50,54)/t29-,45-. The molecule has 0 spiro atoms. The molecular formula is C45H52Cl2N6O8S. The van der Waals surface area contributed by atoms with Gasteiger partial charge in [-0.25, -0.2) is 18.1 Å². The van der Waals surface area contributed by atoms with Gasteiger partial charge < -0.3 is 25.2 Å². The first kappa shape index (κ1) is 45.1. The van der Waals surface area contributed by atoms with Gasteiger partial charge in [0.25, 0.3) is 15.9 Å². The normalized spacial score (nSPS) is 20.7. The zero-order valence-electron chi connectivity index (χ0n) is 35.0. The van der Waals surface area contributed by atoms with Crippen LogP contribution in [0.1, 0.15) is 81.6 Å². The SMILES string of the molecule is CC1(C)CCC(CN2CCN(c3ccc(C(=O)NS(=O)(=O)c4ccc(OC[C@H]5CC[C@](C)(O)CC5)c([N+](=O)[O-])c4)c(Oc4cnc(N)c(Cl)c4)c3)CC2)=C(c2ccc(Cl)cc2)C1. The molecular weight excluding hydrogens is 856 g/mol. The van der Waals surface area contributed by atoms with Crippen molar-refractivity contribution in [2.24, 2.45) is 11.3 Å². The van der Waals surface area contributed by atoms with E-state index >= 15 is 0 Å². The van der Waals surface area contributed by atoms with Crippen molar-refractivity contribution in [2.45, 2.75) is 76.2 Å². The van der Waals surface area contributed by atoms with Crippen molar-refractivity contribution in [3.63, 3.8) is 0 Å². The predicted octanol–water partition coefficient (Wildman–Crippen LogP) is 8.90. The summed E-state index contributed by atoms with van der Waals surface area (Å²) in [6, 6.07) is 17.6. The molecule has 1 amide bonds. The van der Waals surface area contributed by atoms with Crippen LogP contribution in [-0.4, -0.2) is 79.2 Å². The molecule has 2 fully saturated rings. The van der Waals surface area contributed by atoms with Crippen LogP contribution in [0, 0.1) is 21.4 Å². The molecule has 330 valence electrons. The van der Waals surface area contributed by atoms with Gasteiger partial charge in [-0.3, -0.25) is 19.8 Å². The number of allylic oxidation sites excluding steroid dienone is 1. The van der Waals surface area contributed by atoms with Crippen molar-refractivity contribution in [3.05, 3.63) is 110 Å². The number of aliphatic hydroxyl groups is 1. The van der Waals surface area contributed by atoms with E-state index in [2.05, 4.69) is 45.5 Å². The van der Waals surface area contributed by atoms with Crippen LogP contribution in [0.4, 0.5) is 17.2 Å². The number of halogens is 2. The van der Waals surface area contributed by atoms with E-state index in [9.17, 15) is 28.4 Å². The number of hydrogen-bond donors (Lipinski definition) is 3. The Labute approximate surface area is 372 Å². The summed E-state index contributed by atoms with van der Waals surface area (Å²) in [6.45, 7) is 10.4. The topological polar surface area (TPSA) is 190 Å². The van der Waals surface area contributed by atoms with Crippen molar-refractivity contribution in [3.8, 4) is 17.2 Å². The van der Waals surface area contributed by atoms with E-state index in [-0.39, 0.29) is 51.6 Å². The number of nitro benzene ring substituents is 1. The molecule has 4 N–H and O–H groups in total. The minimum atomic E-state index is -4.63. The highest BCUT2D eigenvalue weighted by Gasteiger charge is 2.32. The van der Waals surface area contributed by atoms with E-state index in [0.717, 1.165) is 56.7 Å². The Morgan fingerprint density at radius 3 is 2.37 bits per heavy atom. The van der Waals surface area contributed by atoms with E-state index in [1.165, 1.54) is 41.1 Å². The predicted molar refractivity (Wildman–Crippen MR) is 241 cm³/mol. The van der Waals surface area contributed by atoms with Crippen LogP contribution in [0.5, 0.6) is 17.2 Å². The third kappa shape index (κ3) is 11.0. The zero-order chi connectivity index (χ0) is 44.4. The largest absolute Gasteiger partial charge is 0.487 e. The number of nitrogens with two attached hydrogens (primary N) is 1. The van der Waals surface area contributed by atoms with Gasteiger partial charge in [-0.2, -0.15) is 0 Å². The summed E-state index contributed by atoms with van der Waals surface area (Å²) in [5.74, 6) is -0.774. The highest BCUT2D eigenvalue weighted by molar-refractivity contribution is 7.90. The second kappa shape index (κ2) is 18.4. The van der Waals surface area contributed by atoms with Crippen LogP contribution < -0.4 is 24.8 Å². The van der Waals surface area contributed by atoms with Crippen molar-refractivity contribution in [1.82, 2.24) is 14.6 Å². The number of nitrogen functional groups attached to an aromatic ring is 1. The molecule has 0 radical (unpaired) electrons. The van der Waals surface area contributed by atoms with Gasteiger partial charge >= 0.3 is 5.69 Å². The molecule has 3 aliphatic rings. The molecule has 3 aromatic carbocycles. The first-order valence-electron chi connectivity index (χ1n) is 20.7. The molecule has 0 atom stereocenters. The Bertz CT molecular complexity index is 2460. The van der Waals surface area contributed by atoms with Crippen LogP contribution >= 0.6 is 23.2 Å². The molecule has 17 heteroatoms. The van der Waals surface area contributed by atoms with E-state index in [4.69, 9.17) is 38.4 Å². The van der Waals surface area contributed by atoms with Crippen molar-refractivity contribution < 1.29 is 32.7 Å². The number of benzene rings is 3. The van der Waals surface area contributed by atoms with Crippen molar-refractivity contribution >= 4 is 61.9 Å². The average Bonchev–Trinajstić information content (AvgIpc) is 3.22.